The average Bonchev–Trinajstić information content (AvgIpc) is 3.23. The van der Waals surface area contributed by atoms with Gasteiger partial charge in [-0.05, 0) is 0 Å². The number of rotatable bonds is 4. The van der Waals surface area contributed by atoms with Crippen LogP contribution < -0.4 is 4.90 Å². The third-order valence-electron chi connectivity index (χ3n) is 3.61. The molecule has 0 saturated heterocycles. The van der Waals surface area contributed by atoms with Crippen molar-refractivity contribution in [1.82, 2.24) is 29.4 Å². The first-order valence-corrected chi connectivity index (χ1v) is 7.98. The molecule has 23 heavy (non-hydrogen) atoms. The molecular weight excluding hydrogens is 310 g/mol. The molecule has 4 aromatic rings. The molecule has 0 unspecified atom stereocenters. The average molecular weight is 325 g/mol. The van der Waals surface area contributed by atoms with Gasteiger partial charge < -0.3 is 9.47 Å². The summed E-state index contributed by atoms with van der Waals surface area (Å²) in [5.41, 5.74) is 2.03. The zero-order valence-electron chi connectivity index (χ0n) is 12.8. The number of anilines is 1. The number of fused-ring (bicyclic) bond motifs is 1. The molecule has 1 aromatic carbocycles. The number of imidazole rings is 1. The molecule has 116 valence electrons. The molecule has 0 fully saturated rings. The molecule has 7 nitrogen and oxygen atoms in total. The summed E-state index contributed by atoms with van der Waals surface area (Å²) in [6.45, 7) is 0.651. The summed E-state index contributed by atoms with van der Waals surface area (Å²) in [5.74, 6) is 0.894. The fourth-order valence-corrected chi connectivity index (χ4v) is 3.17. The van der Waals surface area contributed by atoms with Gasteiger partial charge in [-0.1, -0.05) is 41.7 Å². The summed E-state index contributed by atoms with van der Waals surface area (Å²) in [6.07, 6.45) is 3.66. The first kappa shape index (κ1) is 13.9. The van der Waals surface area contributed by atoms with Crippen LogP contribution in [-0.4, -0.2) is 36.4 Å². The molecule has 0 aliphatic carbocycles. The van der Waals surface area contributed by atoms with Crippen LogP contribution in [0.4, 0.5) is 5.13 Å². The summed E-state index contributed by atoms with van der Waals surface area (Å²) in [4.78, 5) is 7.59. The van der Waals surface area contributed by atoms with Crippen molar-refractivity contribution in [1.29, 1.82) is 0 Å². The Labute approximate surface area is 136 Å². The lowest BCUT2D eigenvalue weighted by Crippen LogP contribution is -2.19. The predicted molar refractivity (Wildman–Crippen MR) is 89.4 cm³/mol. The van der Waals surface area contributed by atoms with Gasteiger partial charge in [-0.3, -0.25) is 0 Å². The largest absolute Gasteiger partial charge is 0.342 e. The predicted octanol–water partition coefficient (Wildman–Crippen LogP) is 2.22. The van der Waals surface area contributed by atoms with Crippen LogP contribution in [0.15, 0.2) is 42.9 Å². The van der Waals surface area contributed by atoms with Gasteiger partial charge >= 0.3 is 0 Å². The van der Waals surface area contributed by atoms with Crippen LogP contribution in [0.1, 0.15) is 5.82 Å². The highest BCUT2D eigenvalue weighted by Crippen LogP contribution is 2.26. The molecule has 3 aromatic heterocycles. The van der Waals surface area contributed by atoms with Gasteiger partial charge in [-0.15, -0.1) is 15.3 Å². The zero-order chi connectivity index (χ0) is 15.8. The van der Waals surface area contributed by atoms with Crippen molar-refractivity contribution in [2.24, 2.45) is 7.05 Å². The Kier molecular flexibility index (Phi) is 3.30. The number of aromatic nitrogens is 6. The Morgan fingerprint density at radius 3 is 2.74 bits per heavy atom. The molecule has 4 rings (SSSR count). The summed E-state index contributed by atoms with van der Waals surface area (Å²) < 4.78 is 3.73. The van der Waals surface area contributed by atoms with Crippen molar-refractivity contribution >= 4 is 21.4 Å². The first-order valence-electron chi connectivity index (χ1n) is 7.16. The van der Waals surface area contributed by atoms with Gasteiger partial charge in [-0.2, -0.15) is 0 Å². The zero-order valence-corrected chi connectivity index (χ0v) is 13.6. The molecule has 0 radical (unpaired) electrons. The van der Waals surface area contributed by atoms with Crippen molar-refractivity contribution in [2.45, 2.75) is 6.54 Å². The summed E-state index contributed by atoms with van der Waals surface area (Å²) in [5, 5.41) is 13.5. The lowest BCUT2D eigenvalue weighted by atomic mass is 10.2. The molecule has 0 aliphatic heterocycles. The van der Waals surface area contributed by atoms with Crippen LogP contribution in [0.5, 0.6) is 0 Å². The Hall–Kier alpha value is -2.74. The highest BCUT2D eigenvalue weighted by molar-refractivity contribution is 7.20. The molecule has 0 aliphatic rings. The Morgan fingerprint density at radius 2 is 2.04 bits per heavy atom. The van der Waals surface area contributed by atoms with Gasteiger partial charge in [-0.25, -0.2) is 9.50 Å². The van der Waals surface area contributed by atoms with Crippen LogP contribution in [0, 0.1) is 0 Å². The second kappa shape index (κ2) is 5.47. The quantitative estimate of drug-likeness (QED) is 0.576. The van der Waals surface area contributed by atoms with Gasteiger partial charge in [0, 0.05) is 19.7 Å². The van der Waals surface area contributed by atoms with Crippen LogP contribution in [0.25, 0.3) is 16.2 Å². The van der Waals surface area contributed by atoms with E-state index in [1.54, 1.807) is 17.7 Å². The number of aryl methyl sites for hydroxylation is 1. The second-order valence-electron chi connectivity index (χ2n) is 5.32. The van der Waals surface area contributed by atoms with Crippen LogP contribution in [0.2, 0.25) is 0 Å². The van der Waals surface area contributed by atoms with E-state index in [1.165, 1.54) is 0 Å². The molecule has 3 heterocycles. The second-order valence-corrected chi connectivity index (χ2v) is 6.25. The van der Waals surface area contributed by atoms with Crippen molar-refractivity contribution in [3.63, 3.8) is 0 Å². The Balaban J connectivity index is 1.60. The molecular formula is C15H15N7S. The van der Waals surface area contributed by atoms with Gasteiger partial charge in [0.1, 0.15) is 6.33 Å². The maximum absolute atomic E-state index is 4.66. The normalized spacial score (nSPS) is 11.2. The third kappa shape index (κ3) is 2.57. The van der Waals surface area contributed by atoms with Gasteiger partial charge in [0.25, 0.3) is 0 Å². The first-order chi connectivity index (χ1) is 11.2. The SMILES string of the molecule is CN(Cc1nncn1C)c1nn2cc(-c3ccccc3)nc2s1. The lowest BCUT2D eigenvalue weighted by Gasteiger charge is -2.13. The molecule has 0 spiro atoms. The van der Waals surface area contributed by atoms with E-state index in [1.807, 2.05) is 64.6 Å². The Morgan fingerprint density at radius 1 is 1.22 bits per heavy atom. The molecule has 0 amide bonds. The van der Waals surface area contributed by atoms with E-state index in [-0.39, 0.29) is 0 Å². The van der Waals surface area contributed by atoms with E-state index in [0.717, 1.165) is 27.2 Å². The lowest BCUT2D eigenvalue weighted by molar-refractivity contribution is 0.752. The maximum Gasteiger partial charge on any atom is 0.214 e. The summed E-state index contributed by atoms with van der Waals surface area (Å²) in [7, 11) is 3.93. The molecule has 0 bridgehead atoms. The van der Waals surface area contributed by atoms with E-state index >= 15 is 0 Å². The topological polar surface area (TPSA) is 64.1 Å². The molecule has 0 atom stereocenters. The number of hydrogen-bond donors (Lipinski definition) is 0. The minimum Gasteiger partial charge on any atom is -0.342 e. The molecule has 0 N–H and O–H groups in total. The van der Waals surface area contributed by atoms with E-state index in [9.17, 15) is 0 Å². The number of benzene rings is 1. The van der Waals surface area contributed by atoms with Crippen molar-refractivity contribution in [3.8, 4) is 11.3 Å². The molecule has 0 saturated carbocycles. The monoisotopic (exact) mass is 325 g/mol. The third-order valence-corrected chi connectivity index (χ3v) is 4.65. The van der Waals surface area contributed by atoms with Gasteiger partial charge in [0.05, 0.1) is 18.4 Å². The summed E-state index contributed by atoms with van der Waals surface area (Å²) in [6, 6.07) is 10.1. The van der Waals surface area contributed by atoms with Crippen molar-refractivity contribution < 1.29 is 0 Å². The van der Waals surface area contributed by atoms with Crippen molar-refractivity contribution in [3.05, 3.63) is 48.7 Å². The van der Waals surface area contributed by atoms with E-state index in [0.29, 0.717) is 6.54 Å². The number of hydrogen-bond acceptors (Lipinski definition) is 6. The van der Waals surface area contributed by atoms with Crippen LogP contribution in [0.3, 0.4) is 0 Å². The Bertz CT molecular complexity index is 906. The van der Waals surface area contributed by atoms with E-state index < -0.39 is 0 Å². The van der Waals surface area contributed by atoms with Crippen molar-refractivity contribution in [2.75, 3.05) is 11.9 Å². The highest BCUT2D eigenvalue weighted by atomic mass is 32.1. The minimum absolute atomic E-state index is 0.651. The fraction of sp³-hybridized carbons (Fsp3) is 0.200. The highest BCUT2D eigenvalue weighted by Gasteiger charge is 2.14. The van der Waals surface area contributed by atoms with Crippen LogP contribution >= 0.6 is 11.3 Å². The number of nitrogens with zero attached hydrogens (tertiary/aromatic N) is 7. The van der Waals surface area contributed by atoms with Crippen LogP contribution in [-0.2, 0) is 13.6 Å². The van der Waals surface area contributed by atoms with Gasteiger partial charge in [0.15, 0.2) is 5.82 Å². The fourth-order valence-electron chi connectivity index (χ4n) is 2.32. The molecule has 8 heteroatoms. The maximum atomic E-state index is 4.66. The van der Waals surface area contributed by atoms with E-state index in [2.05, 4.69) is 20.3 Å². The standard InChI is InChI=1S/C15H15N7S/c1-20(9-13-18-16-10-21(13)2)15-19-22-8-12(17-14(22)23-15)11-6-4-3-5-7-11/h3-8,10H,9H2,1-2H3. The minimum atomic E-state index is 0.651. The summed E-state index contributed by atoms with van der Waals surface area (Å²) >= 11 is 1.56. The van der Waals surface area contributed by atoms with E-state index in [4.69, 9.17) is 0 Å². The van der Waals surface area contributed by atoms with Gasteiger partial charge in [0.2, 0.25) is 10.1 Å². The smallest absolute Gasteiger partial charge is 0.214 e.